The number of aromatic carboxylic acids is 1. The Balaban J connectivity index is 2.26. The third kappa shape index (κ3) is 3.16. The number of carbonyl (C=O) groups excluding carboxylic acids is 1. The van der Waals surface area contributed by atoms with E-state index in [-0.39, 0.29) is 23.4 Å². The number of piperidine rings is 1. The summed E-state index contributed by atoms with van der Waals surface area (Å²) in [6, 6.07) is 4.92. The summed E-state index contributed by atoms with van der Waals surface area (Å²) in [7, 11) is 2.94. The third-order valence-electron chi connectivity index (χ3n) is 4.19. The van der Waals surface area contributed by atoms with Crippen molar-refractivity contribution >= 4 is 17.6 Å². The Labute approximate surface area is 129 Å². The van der Waals surface area contributed by atoms with E-state index in [0.29, 0.717) is 30.9 Å². The van der Waals surface area contributed by atoms with Crippen molar-refractivity contribution in [2.24, 2.45) is 11.8 Å². The molecule has 1 aromatic carbocycles. The summed E-state index contributed by atoms with van der Waals surface area (Å²) in [6.07, 6.45) is 0.643. The minimum Gasteiger partial charge on any atom is -0.497 e. The minimum atomic E-state index is -0.972. The molecule has 0 saturated carbocycles. The Morgan fingerprint density at radius 1 is 1.32 bits per heavy atom. The largest absolute Gasteiger partial charge is 0.497 e. The number of carbonyl (C=O) groups is 2. The van der Waals surface area contributed by atoms with Gasteiger partial charge in [-0.2, -0.15) is 0 Å². The van der Waals surface area contributed by atoms with Crippen molar-refractivity contribution in [3.05, 3.63) is 23.8 Å². The van der Waals surface area contributed by atoms with Crippen LogP contribution in [-0.2, 0) is 9.53 Å². The molecular weight excluding hydrogens is 286 g/mol. The minimum absolute atomic E-state index is 0.0917. The predicted octanol–water partition coefficient (Wildman–Crippen LogP) is 2.03. The molecule has 0 spiro atoms. The molecule has 22 heavy (non-hydrogen) atoms. The number of hydrogen-bond donors (Lipinski definition) is 1. The molecule has 1 saturated heterocycles. The van der Waals surface area contributed by atoms with Crippen LogP contribution in [0.15, 0.2) is 18.2 Å². The highest BCUT2D eigenvalue weighted by atomic mass is 16.5. The number of esters is 1. The molecular formula is C16H21NO5. The van der Waals surface area contributed by atoms with E-state index in [1.807, 2.05) is 11.8 Å². The molecule has 1 aliphatic heterocycles. The summed E-state index contributed by atoms with van der Waals surface area (Å²) in [5, 5.41) is 9.36. The topological polar surface area (TPSA) is 76.1 Å². The van der Waals surface area contributed by atoms with Gasteiger partial charge in [0.25, 0.3) is 0 Å². The van der Waals surface area contributed by atoms with E-state index in [4.69, 9.17) is 9.47 Å². The molecule has 0 bridgehead atoms. The van der Waals surface area contributed by atoms with Gasteiger partial charge >= 0.3 is 11.9 Å². The van der Waals surface area contributed by atoms with Gasteiger partial charge in [-0.05, 0) is 24.5 Å². The summed E-state index contributed by atoms with van der Waals surface area (Å²) in [5.41, 5.74) is 0.867. The highest BCUT2D eigenvalue weighted by Crippen LogP contribution is 2.32. The average molecular weight is 307 g/mol. The second kappa shape index (κ2) is 6.68. The van der Waals surface area contributed by atoms with E-state index in [2.05, 4.69) is 0 Å². The summed E-state index contributed by atoms with van der Waals surface area (Å²) >= 11 is 0. The molecule has 2 unspecified atom stereocenters. The quantitative estimate of drug-likeness (QED) is 0.858. The number of ether oxygens (including phenoxy) is 2. The molecule has 1 fully saturated rings. The number of hydrogen-bond acceptors (Lipinski definition) is 5. The fraction of sp³-hybridized carbons (Fsp3) is 0.500. The van der Waals surface area contributed by atoms with Gasteiger partial charge in [-0.3, -0.25) is 4.79 Å². The zero-order valence-corrected chi connectivity index (χ0v) is 13.0. The maximum atomic E-state index is 11.7. The van der Waals surface area contributed by atoms with Gasteiger partial charge in [-0.15, -0.1) is 0 Å². The molecule has 0 aliphatic carbocycles. The van der Waals surface area contributed by atoms with Crippen LogP contribution >= 0.6 is 0 Å². The Kier molecular flexibility index (Phi) is 4.90. The molecule has 0 amide bonds. The Morgan fingerprint density at radius 3 is 2.59 bits per heavy atom. The standard InChI is InChI=1S/C16H21NO5/c1-10-9-17(7-6-12(10)16(20)22-3)14-8-11(21-2)4-5-13(14)15(18)19/h4-5,8,10,12H,6-7,9H2,1-3H3,(H,18,19). The molecule has 2 rings (SSSR count). The number of benzene rings is 1. The first-order chi connectivity index (χ1) is 10.5. The average Bonchev–Trinajstić information content (AvgIpc) is 2.53. The number of methoxy groups -OCH3 is 2. The van der Waals surface area contributed by atoms with Crippen molar-refractivity contribution in [3.63, 3.8) is 0 Å². The van der Waals surface area contributed by atoms with Gasteiger partial charge in [0.2, 0.25) is 0 Å². The second-order valence-corrected chi connectivity index (χ2v) is 5.53. The van der Waals surface area contributed by atoms with Crippen molar-refractivity contribution in [1.29, 1.82) is 0 Å². The van der Waals surface area contributed by atoms with Crippen molar-refractivity contribution < 1.29 is 24.2 Å². The van der Waals surface area contributed by atoms with Crippen molar-refractivity contribution in [3.8, 4) is 5.75 Å². The fourth-order valence-corrected chi connectivity index (χ4v) is 2.95. The lowest BCUT2D eigenvalue weighted by molar-refractivity contribution is -0.147. The third-order valence-corrected chi connectivity index (χ3v) is 4.19. The van der Waals surface area contributed by atoms with Crippen LogP contribution in [0.1, 0.15) is 23.7 Å². The molecule has 120 valence electrons. The van der Waals surface area contributed by atoms with E-state index in [0.717, 1.165) is 0 Å². The van der Waals surface area contributed by atoms with Crippen LogP contribution < -0.4 is 9.64 Å². The van der Waals surface area contributed by atoms with Gasteiger partial charge in [0, 0.05) is 19.2 Å². The maximum absolute atomic E-state index is 11.7. The normalized spacial score (nSPS) is 21.3. The summed E-state index contributed by atoms with van der Waals surface area (Å²) in [5.74, 6) is -0.603. The smallest absolute Gasteiger partial charge is 0.337 e. The van der Waals surface area contributed by atoms with E-state index < -0.39 is 5.97 Å². The SMILES string of the molecule is COC(=O)C1CCN(c2cc(OC)ccc2C(=O)O)CC1C. The molecule has 0 aromatic heterocycles. The number of carboxylic acids is 1. The first-order valence-electron chi connectivity index (χ1n) is 7.22. The molecule has 6 heteroatoms. The van der Waals surface area contributed by atoms with E-state index in [9.17, 15) is 14.7 Å². The van der Waals surface area contributed by atoms with Crippen molar-refractivity contribution in [2.45, 2.75) is 13.3 Å². The van der Waals surface area contributed by atoms with Gasteiger partial charge in [0.15, 0.2) is 0 Å². The lowest BCUT2D eigenvalue weighted by Gasteiger charge is -2.37. The van der Waals surface area contributed by atoms with Gasteiger partial charge in [-0.25, -0.2) is 4.79 Å². The lowest BCUT2D eigenvalue weighted by Crippen LogP contribution is -2.43. The zero-order chi connectivity index (χ0) is 16.3. The molecule has 1 aliphatic rings. The molecule has 6 nitrogen and oxygen atoms in total. The Bertz CT molecular complexity index is 572. The Hall–Kier alpha value is -2.24. The highest BCUT2D eigenvalue weighted by Gasteiger charge is 2.33. The van der Waals surface area contributed by atoms with Crippen LogP contribution in [-0.4, -0.2) is 44.4 Å². The molecule has 1 N–H and O–H groups in total. The maximum Gasteiger partial charge on any atom is 0.337 e. The van der Waals surface area contributed by atoms with Gasteiger partial charge in [0.05, 0.1) is 31.4 Å². The second-order valence-electron chi connectivity index (χ2n) is 5.53. The summed E-state index contributed by atoms with van der Waals surface area (Å²) < 4.78 is 10.0. The number of anilines is 1. The van der Waals surface area contributed by atoms with Crippen LogP contribution in [0.25, 0.3) is 0 Å². The molecule has 2 atom stereocenters. The summed E-state index contributed by atoms with van der Waals surface area (Å²) in [4.78, 5) is 25.2. The summed E-state index contributed by atoms with van der Waals surface area (Å²) in [6.45, 7) is 3.19. The first-order valence-corrected chi connectivity index (χ1v) is 7.22. The Morgan fingerprint density at radius 2 is 2.05 bits per heavy atom. The lowest BCUT2D eigenvalue weighted by atomic mass is 9.86. The van der Waals surface area contributed by atoms with Crippen LogP contribution in [0.4, 0.5) is 5.69 Å². The van der Waals surface area contributed by atoms with Crippen LogP contribution in [0, 0.1) is 11.8 Å². The van der Waals surface area contributed by atoms with Crippen LogP contribution in [0.3, 0.4) is 0 Å². The van der Waals surface area contributed by atoms with E-state index in [1.165, 1.54) is 7.11 Å². The number of rotatable bonds is 4. The van der Waals surface area contributed by atoms with Crippen molar-refractivity contribution in [2.75, 3.05) is 32.2 Å². The fourth-order valence-electron chi connectivity index (χ4n) is 2.95. The molecule has 0 radical (unpaired) electrons. The van der Waals surface area contributed by atoms with E-state index >= 15 is 0 Å². The highest BCUT2D eigenvalue weighted by molar-refractivity contribution is 5.95. The monoisotopic (exact) mass is 307 g/mol. The zero-order valence-electron chi connectivity index (χ0n) is 13.0. The van der Waals surface area contributed by atoms with Crippen LogP contribution in [0.5, 0.6) is 5.75 Å². The van der Waals surface area contributed by atoms with Crippen molar-refractivity contribution in [1.82, 2.24) is 0 Å². The van der Waals surface area contributed by atoms with Gasteiger partial charge < -0.3 is 19.5 Å². The predicted molar refractivity (Wildman–Crippen MR) is 81.5 cm³/mol. The van der Waals surface area contributed by atoms with E-state index in [1.54, 1.807) is 25.3 Å². The number of carboxylic acid groups (broad SMARTS) is 1. The molecule has 1 aromatic rings. The number of nitrogens with zero attached hydrogens (tertiary/aromatic N) is 1. The van der Waals surface area contributed by atoms with Gasteiger partial charge in [-0.1, -0.05) is 6.92 Å². The molecule has 1 heterocycles. The first kappa shape index (κ1) is 16.1. The van der Waals surface area contributed by atoms with Crippen LogP contribution in [0.2, 0.25) is 0 Å². The van der Waals surface area contributed by atoms with Gasteiger partial charge in [0.1, 0.15) is 5.75 Å².